The van der Waals surface area contributed by atoms with Crippen LogP contribution in [0.4, 0.5) is 0 Å². The molecule has 0 spiro atoms. The number of amides is 1. The van der Waals surface area contributed by atoms with Gasteiger partial charge in [0.05, 0.1) is 11.6 Å². The third-order valence-corrected chi connectivity index (χ3v) is 5.76. The Labute approximate surface area is 177 Å². The molecule has 3 rings (SSSR count). The van der Waals surface area contributed by atoms with Crippen LogP contribution in [0.15, 0.2) is 48.3 Å². The average molecular weight is 408 g/mol. The fraction of sp³-hybridized carbons (Fsp3) is 0.375. The molecule has 30 heavy (non-hydrogen) atoms. The molecule has 0 unspecified atom stereocenters. The summed E-state index contributed by atoms with van der Waals surface area (Å²) in [6, 6.07) is 8.65. The van der Waals surface area contributed by atoms with E-state index in [1.165, 1.54) is 0 Å². The number of aliphatic hydroxyl groups is 1. The van der Waals surface area contributed by atoms with Gasteiger partial charge >= 0.3 is 0 Å². The predicted octanol–water partition coefficient (Wildman–Crippen LogP) is 3.46. The standard InChI is InChI=1S/C24H29N3O3/c1-5-26(6-2)13-14-27-21(18-9-11-25-12-10-18)20(23(29)24(27)30)22(28)19-15-16(3)7-8-17(19)4/h7-12,15,21,28H,5-6,13-14H2,1-4H3/t21-/m0/s1. The second-order valence-corrected chi connectivity index (χ2v) is 7.62. The molecule has 0 aliphatic carbocycles. The minimum atomic E-state index is -0.644. The molecule has 0 saturated carbocycles. The number of benzene rings is 1. The number of hydrogen-bond donors (Lipinski definition) is 1. The summed E-state index contributed by atoms with van der Waals surface area (Å²) in [4.78, 5) is 33.9. The molecule has 1 aliphatic heterocycles. The first-order chi connectivity index (χ1) is 14.4. The van der Waals surface area contributed by atoms with Gasteiger partial charge < -0.3 is 14.9 Å². The van der Waals surface area contributed by atoms with Gasteiger partial charge in [-0.15, -0.1) is 0 Å². The van der Waals surface area contributed by atoms with Crippen LogP contribution < -0.4 is 0 Å². The molecular weight excluding hydrogens is 378 g/mol. The zero-order valence-electron chi connectivity index (χ0n) is 18.1. The number of aromatic nitrogens is 1. The first-order valence-corrected chi connectivity index (χ1v) is 10.4. The number of ketones is 1. The van der Waals surface area contributed by atoms with Crippen LogP contribution in [0.25, 0.3) is 5.76 Å². The Bertz CT molecular complexity index is 965. The average Bonchev–Trinajstić information content (AvgIpc) is 3.01. The van der Waals surface area contributed by atoms with Gasteiger partial charge in [-0.1, -0.05) is 31.5 Å². The Hall–Kier alpha value is -2.99. The number of rotatable bonds is 7. The van der Waals surface area contributed by atoms with Crippen molar-refractivity contribution in [2.75, 3.05) is 26.2 Å². The molecular formula is C24H29N3O3. The lowest BCUT2D eigenvalue weighted by atomic mass is 9.94. The third kappa shape index (κ3) is 4.14. The number of aryl methyl sites for hydroxylation is 2. The van der Waals surface area contributed by atoms with Crippen LogP contribution in [0, 0.1) is 13.8 Å². The van der Waals surface area contributed by atoms with Crippen LogP contribution in [-0.2, 0) is 9.59 Å². The SMILES string of the molecule is CCN(CC)CCN1C(=O)C(=O)C(=C(O)c2cc(C)ccc2C)[C@@H]1c1ccncc1. The first-order valence-electron chi connectivity index (χ1n) is 10.4. The van der Waals surface area contributed by atoms with E-state index in [0.717, 1.165) is 29.8 Å². The summed E-state index contributed by atoms with van der Waals surface area (Å²) >= 11 is 0. The molecule has 1 aliphatic rings. The number of hydrogen-bond acceptors (Lipinski definition) is 5. The summed E-state index contributed by atoms with van der Waals surface area (Å²) in [5.41, 5.74) is 3.30. The van der Waals surface area contributed by atoms with Gasteiger partial charge in [0.2, 0.25) is 0 Å². The van der Waals surface area contributed by atoms with Crippen LogP contribution >= 0.6 is 0 Å². The van der Waals surface area contributed by atoms with Gasteiger partial charge in [-0.2, -0.15) is 0 Å². The van der Waals surface area contributed by atoms with E-state index in [0.29, 0.717) is 18.7 Å². The van der Waals surface area contributed by atoms with Gasteiger partial charge in [0, 0.05) is 31.0 Å². The fourth-order valence-corrected chi connectivity index (χ4v) is 3.93. The second kappa shape index (κ2) is 9.22. The number of aliphatic hydroxyl groups excluding tert-OH is 1. The van der Waals surface area contributed by atoms with E-state index in [9.17, 15) is 14.7 Å². The molecule has 0 radical (unpaired) electrons. The van der Waals surface area contributed by atoms with Crippen molar-refractivity contribution in [1.82, 2.24) is 14.8 Å². The normalized spacial score (nSPS) is 18.4. The first kappa shape index (κ1) is 21.7. The highest BCUT2D eigenvalue weighted by molar-refractivity contribution is 6.46. The Balaban J connectivity index is 2.12. The van der Waals surface area contributed by atoms with E-state index in [4.69, 9.17) is 0 Å². The molecule has 1 N–H and O–H groups in total. The largest absolute Gasteiger partial charge is 0.507 e. The number of nitrogens with zero attached hydrogens (tertiary/aromatic N) is 3. The molecule has 1 aromatic heterocycles. The van der Waals surface area contributed by atoms with Crippen molar-refractivity contribution in [3.05, 3.63) is 70.6 Å². The van der Waals surface area contributed by atoms with Gasteiger partial charge in [0.15, 0.2) is 0 Å². The molecule has 6 heteroatoms. The molecule has 1 atom stereocenters. The van der Waals surface area contributed by atoms with Crippen molar-refractivity contribution in [3.8, 4) is 0 Å². The van der Waals surface area contributed by atoms with Gasteiger partial charge in [0.1, 0.15) is 5.76 Å². The topological polar surface area (TPSA) is 73.7 Å². The molecule has 1 saturated heterocycles. The van der Waals surface area contributed by atoms with E-state index in [1.54, 1.807) is 29.4 Å². The molecule has 1 amide bonds. The molecule has 1 fully saturated rings. The summed E-state index contributed by atoms with van der Waals surface area (Å²) < 4.78 is 0. The second-order valence-electron chi connectivity index (χ2n) is 7.62. The summed E-state index contributed by atoms with van der Waals surface area (Å²) in [7, 11) is 0. The molecule has 6 nitrogen and oxygen atoms in total. The Kier molecular flexibility index (Phi) is 6.67. The van der Waals surface area contributed by atoms with Gasteiger partial charge in [-0.25, -0.2) is 0 Å². The van der Waals surface area contributed by atoms with Crippen LogP contribution in [0.2, 0.25) is 0 Å². The van der Waals surface area contributed by atoms with Crippen molar-refractivity contribution in [2.45, 2.75) is 33.7 Å². The van der Waals surface area contributed by atoms with E-state index >= 15 is 0 Å². The van der Waals surface area contributed by atoms with Gasteiger partial charge in [-0.05, 0) is 56.3 Å². The van der Waals surface area contributed by atoms with Crippen molar-refractivity contribution < 1.29 is 14.7 Å². The third-order valence-electron chi connectivity index (χ3n) is 5.76. The highest BCUT2D eigenvalue weighted by atomic mass is 16.3. The maximum Gasteiger partial charge on any atom is 0.295 e. The molecule has 0 bridgehead atoms. The maximum atomic E-state index is 13.1. The summed E-state index contributed by atoms with van der Waals surface area (Å²) in [6.07, 6.45) is 3.27. The molecule has 1 aromatic carbocycles. The molecule has 158 valence electrons. The van der Waals surface area contributed by atoms with E-state index in [1.807, 2.05) is 32.0 Å². The number of likely N-dealkylation sites (N-methyl/N-ethyl adjacent to an activating group) is 1. The number of carbonyl (C=O) groups excluding carboxylic acids is 2. The molecule has 2 aromatic rings. The Morgan fingerprint density at radius 1 is 1.10 bits per heavy atom. The van der Waals surface area contributed by atoms with Crippen molar-refractivity contribution in [1.29, 1.82) is 0 Å². The lowest BCUT2D eigenvalue weighted by Crippen LogP contribution is -2.38. The lowest BCUT2D eigenvalue weighted by molar-refractivity contribution is -0.140. The highest BCUT2D eigenvalue weighted by Gasteiger charge is 2.46. The van der Waals surface area contributed by atoms with E-state index in [2.05, 4.69) is 23.7 Å². The van der Waals surface area contributed by atoms with Crippen molar-refractivity contribution >= 4 is 17.4 Å². The predicted molar refractivity (Wildman–Crippen MR) is 117 cm³/mol. The summed E-state index contributed by atoms with van der Waals surface area (Å²) in [5.74, 6) is -1.34. The smallest absolute Gasteiger partial charge is 0.295 e. The fourth-order valence-electron chi connectivity index (χ4n) is 3.93. The van der Waals surface area contributed by atoms with Crippen LogP contribution in [0.3, 0.4) is 0 Å². The zero-order chi connectivity index (χ0) is 21.8. The minimum absolute atomic E-state index is 0.123. The minimum Gasteiger partial charge on any atom is -0.507 e. The van der Waals surface area contributed by atoms with Crippen molar-refractivity contribution in [2.24, 2.45) is 0 Å². The Morgan fingerprint density at radius 2 is 1.77 bits per heavy atom. The molecule has 2 heterocycles. The quantitative estimate of drug-likeness (QED) is 0.432. The maximum absolute atomic E-state index is 13.1. The highest BCUT2D eigenvalue weighted by Crippen LogP contribution is 2.39. The number of Topliss-reactive ketones (excluding diaryl/α,β-unsaturated/α-hetero) is 1. The van der Waals surface area contributed by atoms with Crippen LogP contribution in [-0.4, -0.2) is 57.8 Å². The number of likely N-dealkylation sites (tertiary alicyclic amines) is 1. The zero-order valence-corrected chi connectivity index (χ0v) is 18.1. The van der Waals surface area contributed by atoms with Crippen molar-refractivity contribution in [3.63, 3.8) is 0 Å². The summed E-state index contributed by atoms with van der Waals surface area (Å²) in [5, 5.41) is 11.2. The van der Waals surface area contributed by atoms with E-state index in [-0.39, 0.29) is 11.3 Å². The van der Waals surface area contributed by atoms with Gasteiger partial charge in [-0.3, -0.25) is 14.6 Å². The Morgan fingerprint density at radius 3 is 2.40 bits per heavy atom. The van der Waals surface area contributed by atoms with Crippen LogP contribution in [0.1, 0.15) is 42.1 Å². The van der Waals surface area contributed by atoms with Gasteiger partial charge in [0.25, 0.3) is 11.7 Å². The lowest BCUT2D eigenvalue weighted by Gasteiger charge is -2.28. The number of pyridine rings is 1. The van der Waals surface area contributed by atoms with E-state index < -0.39 is 17.7 Å². The number of carbonyl (C=O) groups is 2. The van der Waals surface area contributed by atoms with Crippen LogP contribution in [0.5, 0.6) is 0 Å². The summed E-state index contributed by atoms with van der Waals surface area (Å²) in [6.45, 7) is 10.7. The monoisotopic (exact) mass is 407 g/mol.